The summed E-state index contributed by atoms with van der Waals surface area (Å²) in [7, 11) is 1.68. The van der Waals surface area contributed by atoms with Crippen molar-refractivity contribution < 1.29 is 14.6 Å². The van der Waals surface area contributed by atoms with Crippen molar-refractivity contribution in [1.29, 1.82) is 0 Å². The predicted octanol–water partition coefficient (Wildman–Crippen LogP) is 1.39. The van der Waals surface area contributed by atoms with Gasteiger partial charge in [-0.1, -0.05) is 6.92 Å². The summed E-state index contributed by atoms with van der Waals surface area (Å²) in [6, 6.07) is 0. The molecule has 0 radical (unpaired) electrons. The Bertz CT molecular complexity index is 275. The van der Waals surface area contributed by atoms with E-state index in [0.29, 0.717) is 13.2 Å². The maximum atomic E-state index is 9.16. The molecule has 1 aliphatic heterocycles. The van der Waals surface area contributed by atoms with Gasteiger partial charge < -0.3 is 14.6 Å². The van der Waals surface area contributed by atoms with Gasteiger partial charge in [-0.05, 0) is 19.4 Å². The van der Waals surface area contributed by atoms with Crippen LogP contribution in [-0.2, 0) is 9.47 Å². The van der Waals surface area contributed by atoms with Crippen LogP contribution in [0.3, 0.4) is 0 Å². The smallest absolute Gasteiger partial charge is 0.0930 e. The maximum absolute atomic E-state index is 9.16. The van der Waals surface area contributed by atoms with Crippen LogP contribution in [0.5, 0.6) is 0 Å². The van der Waals surface area contributed by atoms with Crippen molar-refractivity contribution in [3.63, 3.8) is 0 Å². The number of hydrogen-bond donors (Lipinski definition) is 1. The number of nitrogens with zero attached hydrogens (tertiary/aromatic N) is 1. The van der Waals surface area contributed by atoms with Crippen molar-refractivity contribution in [2.75, 3.05) is 26.9 Å². The molecule has 0 aromatic heterocycles. The zero-order valence-electron chi connectivity index (χ0n) is 10.3. The van der Waals surface area contributed by atoms with Crippen LogP contribution in [0.4, 0.5) is 0 Å². The highest BCUT2D eigenvalue weighted by molar-refractivity contribution is 5.90. The minimum atomic E-state index is -0.368. The van der Waals surface area contributed by atoms with Gasteiger partial charge in [0.05, 0.1) is 12.2 Å². The first-order valence-corrected chi connectivity index (χ1v) is 5.62. The number of aliphatic hydroxyl groups excluding tert-OH is 1. The molecule has 0 saturated heterocycles. The van der Waals surface area contributed by atoms with Gasteiger partial charge in [-0.15, -0.1) is 0 Å². The molecule has 2 atom stereocenters. The molecule has 0 bridgehead atoms. The Hall–Kier alpha value is -0.710. The van der Waals surface area contributed by atoms with Gasteiger partial charge in [0.1, 0.15) is 0 Å². The summed E-state index contributed by atoms with van der Waals surface area (Å²) in [5.74, 6) is 0.102. The number of ether oxygens (including phenoxy) is 2. The van der Waals surface area contributed by atoms with E-state index in [9.17, 15) is 0 Å². The lowest BCUT2D eigenvalue weighted by atomic mass is 9.85. The molecule has 1 N–H and O–H groups in total. The van der Waals surface area contributed by atoms with Crippen molar-refractivity contribution in [2.45, 2.75) is 25.9 Å². The van der Waals surface area contributed by atoms with E-state index in [1.54, 1.807) is 13.3 Å². The van der Waals surface area contributed by atoms with E-state index in [4.69, 9.17) is 14.6 Å². The number of aliphatic hydroxyl groups is 1. The molecule has 1 heterocycles. The Morgan fingerprint density at radius 3 is 2.88 bits per heavy atom. The molecule has 1 aliphatic rings. The third-order valence-electron chi connectivity index (χ3n) is 3.07. The van der Waals surface area contributed by atoms with Crippen LogP contribution in [-0.4, -0.2) is 43.3 Å². The van der Waals surface area contributed by atoms with Crippen molar-refractivity contribution in [3.05, 3.63) is 12.3 Å². The van der Waals surface area contributed by atoms with E-state index in [2.05, 4.69) is 4.99 Å². The quantitative estimate of drug-likeness (QED) is 0.698. The Labute approximate surface area is 97.0 Å². The van der Waals surface area contributed by atoms with Gasteiger partial charge in [-0.25, -0.2) is 0 Å². The van der Waals surface area contributed by atoms with Gasteiger partial charge in [0.2, 0.25) is 0 Å². The number of rotatable bonds is 6. The predicted molar refractivity (Wildman–Crippen MR) is 63.7 cm³/mol. The lowest BCUT2D eigenvalue weighted by molar-refractivity contribution is -0.0237. The van der Waals surface area contributed by atoms with Gasteiger partial charge in [-0.2, -0.15) is 0 Å². The topological polar surface area (TPSA) is 51.0 Å². The van der Waals surface area contributed by atoms with Gasteiger partial charge >= 0.3 is 0 Å². The van der Waals surface area contributed by atoms with Crippen LogP contribution in [0.2, 0.25) is 0 Å². The molecular formula is C12H21NO3. The SMILES string of the molecule is COCCCOC1(C)C=CN=C(CO)C1C. The summed E-state index contributed by atoms with van der Waals surface area (Å²) in [6.07, 6.45) is 4.53. The molecule has 1 rings (SSSR count). The standard InChI is InChI=1S/C12H21NO3/c1-10-11(9-14)13-6-5-12(10,2)16-8-4-7-15-3/h5-6,10,14H,4,7-9H2,1-3H3. The molecule has 0 spiro atoms. The lowest BCUT2D eigenvalue weighted by Gasteiger charge is -2.35. The van der Waals surface area contributed by atoms with Crippen LogP contribution < -0.4 is 0 Å². The average Bonchev–Trinajstić information content (AvgIpc) is 2.29. The Balaban J connectivity index is 2.50. The highest BCUT2D eigenvalue weighted by Crippen LogP contribution is 2.28. The van der Waals surface area contributed by atoms with Crippen molar-refractivity contribution in [3.8, 4) is 0 Å². The van der Waals surface area contributed by atoms with E-state index in [-0.39, 0.29) is 18.1 Å². The van der Waals surface area contributed by atoms with Crippen molar-refractivity contribution >= 4 is 5.71 Å². The summed E-state index contributed by atoms with van der Waals surface area (Å²) in [5.41, 5.74) is 0.407. The van der Waals surface area contributed by atoms with Crippen LogP contribution in [0, 0.1) is 5.92 Å². The van der Waals surface area contributed by atoms with E-state index < -0.39 is 0 Å². The highest BCUT2D eigenvalue weighted by Gasteiger charge is 2.34. The first-order valence-electron chi connectivity index (χ1n) is 5.62. The van der Waals surface area contributed by atoms with Gasteiger partial charge in [-0.3, -0.25) is 4.99 Å². The molecule has 92 valence electrons. The molecule has 16 heavy (non-hydrogen) atoms. The largest absolute Gasteiger partial charge is 0.390 e. The maximum Gasteiger partial charge on any atom is 0.0930 e. The molecule has 0 aromatic carbocycles. The minimum Gasteiger partial charge on any atom is -0.390 e. The van der Waals surface area contributed by atoms with Crippen molar-refractivity contribution in [1.82, 2.24) is 0 Å². The fourth-order valence-corrected chi connectivity index (χ4v) is 1.71. The van der Waals surface area contributed by atoms with E-state index >= 15 is 0 Å². The van der Waals surface area contributed by atoms with E-state index in [1.807, 2.05) is 19.9 Å². The molecule has 0 saturated carbocycles. The normalized spacial score (nSPS) is 29.2. The second kappa shape index (κ2) is 6.13. The first kappa shape index (κ1) is 13.4. The van der Waals surface area contributed by atoms with Crippen LogP contribution in [0.15, 0.2) is 17.3 Å². The minimum absolute atomic E-state index is 0.0114. The summed E-state index contributed by atoms with van der Waals surface area (Å²) in [4.78, 5) is 4.15. The van der Waals surface area contributed by atoms with Gasteiger partial charge in [0.25, 0.3) is 0 Å². The molecule has 2 unspecified atom stereocenters. The fraction of sp³-hybridized carbons (Fsp3) is 0.750. The summed E-state index contributed by atoms with van der Waals surface area (Å²) in [5, 5.41) is 9.16. The van der Waals surface area contributed by atoms with Crippen LogP contribution >= 0.6 is 0 Å². The first-order chi connectivity index (χ1) is 7.64. The zero-order chi connectivity index (χ0) is 12.0. The third kappa shape index (κ3) is 3.14. The molecule has 0 amide bonds. The van der Waals surface area contributed by atoms with Gasteiger partial charge in [0, 0.05) is 38.2 Å². The summed E-state index contributed by atoms with van der Waals surface area (Å²) in [6.45, 7) is 5.38. The Morgan fingerprint density at radius 2 is 2.25 bits per heavy atom. The highest BCUT2D eigenvalue weighted by atomic mass is 16.5. The second-order valence-corrected chi connectivity index (χ2v) is 4.19. The Morgan fingerprint density at radius 1 is 1.50 bits per heavy atom. The average molecular weight is 227 g/mol. The third-order valence-corrected chi connectivity index (χ3v) is 3.07. The number of methoxy groups -OCH3 is 1. The van der Waals surface area contributed by atoms with E-state index in [0.717, 1.165) is 12.1 Å². The van der Waals surface area contributed by atoms with E-state index in [1.165, 1.54) is 0 Å². The fourth-order valence-electron chi connectivity index (χ4n) is 1.71. The number of hydrogen-bond acceptors (Lipinski definition) is 4. The molecule has 0 aromatic rings. The molecule has 0 aliphatic carbocycles. The van der Waals surface area contributed by atoms with Gasteiger partial charge in [0.15, 0.2) is 0 Å². The zero-order valence-corrected chi connectivity index (χ0v) is 10.3. The van der Waals surface area contributed by atoms with Crippen LogP contribution in [0.25, 0.3) is 0 Å². The second-order valence-electron chi connectivity index (χ2n) is 4.19. The van der Waals surface area contributed by atoms with Crippen LogP contribution in [0.1, 0.15) is 20.3 Å². The molecule has 0 fully saturated rings. The Kier molecular flexibility index (Phi) is 5.12. The monoisotopic (exact) mass is 227 g/mol. The number of aliphatic imine (C=N–C) groups is 1. The summed E-state index contributed by atoms with van der Waals surface area (Å²) < 4.78 is 10.8. The summed E-state index contributed by atoms with van der Waals surface area (Å²) >= 11 is 0. The van der Waals surface area contributed by atoms with Crippen molar-refractivity contribution in [2.24, 2.45) is 10.9 Å². The lowest BCUT2D eigenvalue weighted by Crippen LogP contribution is -2.42. The molecule has 4 nitrogen and oxygen atoms in total. The molecular weight excluding hydrogens is 206 g/mol. The molecule has 4 heteroatoms.